The summed E-state index contributed by atoms with van der Waals surface area (Å²) in [6.45, 7) is 5.43. The van der Waals surface area contributed by atoms with Crippen molar-refractivity contribution in [3.05, 3.63) is 93.5 Å². The van der Waals surface area contributed by atoms with Crippen LogP contribution in [0.15, 0.2) is 71.2 Å². The van der Waals surface area contributed by atoms with Gasteiger partial charge in [-0.1, -0.05) is 64.0 Å². The molecule has 0 aliphatic carbocycles. The van der Waals surface area contributed by atoms with Crippen LogP contribution in [0, 0.1) is 20.8 Å². The smallest absolute Gasteiger partial charge is 0.339 e. The maximum absolute atomic E-state index is 13.1. The summed E-state index contributed by atoms with van der Waals surface area (Å²) in [6.07, 6.45) is 0. The van der Waals surface area contributed by atoms with Crippen LogP contribution >= 0.6 is 15.9 Å². The minimum absolute atomic E-state index is 0.385. The van der Waals surface area contributed by atoms with Gasteiger partial charge in [0.25, 0.3) is 5.91 Å². The van der Waals surface area contributed by atoms with Crippen molar-refractivity contribution >= 4 is 44.4 Å². The lowest BCUT2D eigenvalue weighted by atomic mass is 9.97. The number of anilines is 1. The first-order valence-corrected chi connectivity index (χ1v) is 11.3. The molecule has 5 nitrogen and oxygen atoms in total. The minimum atomic E-state index is -0.554. The molecule has 0 aliphatic rings. The summed E-state index contributed by atoms with van der Waals surface area (Å²) in [5, 5.41) is 3.46. The molecule has 1 amide bonds. The Balaban J connectivity index is 1.60. The van der Waals surface area contributed by atoms with Crippen LogP contribution in [0.1, 0.15) is 27.0 Å². The van der Waals surface area contributed by atoms with Crippen LogP contribution in [0.2, 0.25) is 0 Å². The Morgan fingerprint density at radius 2 is 1.70 bits per heavy atom. The lowest BCUT2D eigenvalue weighted by molar-refractivity contribution is -0.119. The van der Waals surface area contributed by atoms with E-state index in [0.717, 1.165) is 26.9 Å². The van der Waals surface area contributed by atoms with Gasteiger partial charge in [0.15, 0.2) is 6.61 Å². The predicted octanol–water partition coefficient (Wildman–Crippen LogP) is 6.39. The molecule has 0 aliphatic heterocycles. The van der Waals surface area contributed by atoms with E-state index in [0.29, 0.717) is 27.7 Å². The Bertz CT molecular complexity index is 1360. The standard InChI is InChI=1S/C27H23BrN2O3/c1-16-8-10-19(11-9-16)26-18(3)25(21-6-4-5-7-23(21)30-26)27(32)33-15-24(31)29-20-12-13-22(28)17(2)14-20/h4-14H,15H2,1-3H3,(H,29,31). The number of carbonyl (C=O) groups is 2. The summed E-state index contributed by atoms with van der Waals surface area (Å²) in [4.78, 5) is 30.3. The minimum Gasteiger partial charge on any atom is -0.452 e. The van der Waals surface area contributed by atoms with Crippen LogP contribution in [-0.2, 0) is 9.53 Å². The van der Waals surface area contributed by atoms with E-state index in [4.69, 9.17) is 9.72 Å². The molecule has 0 fully saturated rings. The molecule has 6 heteroatoms. The second-order valence-corrected chi connectivity index (χ2v) is 8.79. The molecule has 0 atom stereocenters. The zero-order chi connectivity index (χ0) is 23.5. The molecule has 0 spiro atoms. The Morgan fingerprint density at radius 1 is 0.970 bits per heavy atom. The van der Waals surface area contributed by atoms with Gasteiger partial charge < -0.3 is 10.1 Å². The third kappa shape index (κ3) is 4.96. The largest absolute Gasteiger partial charge is 0.452 e. The van der Waals surface area contributed by atoms with Crippen molar-refractivity contribution in [2.24, 2.45) is 0 Å². The zero-order valence-electron chi connectivity index (χ0n) is 18.6. The van der Waals surface area contributed by atoms with E-state index in [9.17, 15) is 9.59 Å². The van der Waals surface area contributed by atoms with E-state index in [1.807, 2.05) is 81.4 Å². The first-order valence-electron chi connectivity index (χ1n) is 10.5. The molecule has 1 heterocycles. The summed E-state index contributed by atoms with van der Waals surface area (Å²) < 4.78 is 6.38. The molecule has 1 N–H and O–H groups in total. The zero-order valence-corrected chi connectivity index (χ0v) is 20.2. The summed E-state index contributed by atoms with van der Waals surface area (Å²) in [5.74, 6) is -0.957. The number of aryl methyl sites for hydroxylation is 2. The second-order valence-electron chi connectivity index (χ2n) is 7.93. The van der Waals surface area contributed by atoms with Crippen molar-refractivity contribution in [2.75, 3.05) is 11.9 Å². The van der Waals surface area contributed by atoms with Crippen molar-refractivity contribution < 1.29 is 14.3 Å². The van der Waals surface area contributed by atoms with Crippen molar-refractivity contribution in [2.45, 2.75) is 20.8 Å². The third-order valence-corrected chi connectivity index (χ3v) is 6.33. The van der Waals surface area contributed by atoms with Crippen LogP contribution in [0.5, 0.6) is 0 Å². The van der Waals surface area contributed by atoms with Crippen molar-refractivity contribution in [1.29, 1.82) is 0 Å². The number of esters is 1. The number of fused-ring (bicyclic) bond motifs is 1. The van der Waals surface area contributed by atoms with Gasteiger partial charge in [0.05, 0.1) is 16.8 Å². The Hall–Kier alpha value is -3.51. The number of carbonyl (C=O) groups excluding carboxylic acids is 2. The van der Waals surface area contributed by atoms with E-state index in [-0.39, 0.29) is 6.61 Å². The quantitative estimate of drug-likeness (QED) is 0.321. The molecule has 4 aromatic rings. The molecule has 0 saturated heterocycles. The highest BCUT2D eigenvalue weighted by Gasteiger charge is 2.21. The Morgan fingerprint density at radius 3 is 2.42 bits per heavy atom. The van der Waals surface area contributed by atoms with E-state index in [1.165, 1.54) is 0 Å². The molecule has 33 heavy (non-hydrogen) atoms. The third-order valence-electron chi connectivity index (χ3n) is 5.44. The lowest BCUT2D eigenvalue weighted by Gasteiger charge is -2.14. The highest BCUT2D eigenvalue weighted by Crippen LogP contribution is 2.30. The number of hydrogen-bond acceptors (Lipinski definition) is 4. The average molecular weight is 503 g/mol. The van der Waals surface area contributed by atoms with E-state index >= 15 is 0 Å². The lowest BCUT2D eigenvalue weighted by Crippen LogP contribution is -2.21. The van der Waals surface area contributed by atoms with Gasteiger partial charge in [0.2, 0.25) is 0 Å². The predicted molar refractivity (Wildman–Crippen MR) is 134 cm³/mol. The Labute approximate surface area is 200 Å². The fourth-order valence-electron chi connectivity index (χ4n) is 3.69. The van der Waals surface area contributed by atoms with Gasteiger partial charge in [-0.15, -0.1) is 0 Å². The normalized spacial score (nSPS) is 10.8. The second kappa shape index (κ2) is 9.55. The highest BCUT2D eigenvalue weighted by molar-refractivity contribution is 9.10. The number of nitrogens with one attached hydrogen (secondary N) is 1. The number of pyridine rings is 1. The molecule has 4 rings (SSSR count). The number of nitrogens with zero attached hydrogens (tertiary/aromatic N) is 1. The van der Waals surface area contributed by atoms with Crippen LogP contribution in [0.25, 0.3) is 22.2 Å². The van der Waals surface area contributed by atoms with Gasteiger partial charge in [-0.25, -0.2) is 9.78 Å². The maximum Gasteiger partial charge on any atom is 0.339 e. The van der Waals surface area contributed by atoms with Gasteiger partial charge in [-0.2, -0.15) is 0 Å². The molecule has 3 aromatic carbocycles. The molecule has 1 aromatic heterocycles. The summed E-state index contributed by atoms with van der Waals surface area (Å²) in [5.41, 5.74) is 6.24. The molecule has 0 unspecified atom stereocenters. The molecule has 166 valence electrons. The maximum atomic E-state index is 13.1. The number of halogens is 1. The van der Waals surface area contributed by atoms with E-state index in [2.05, 4.69) is 21.2 Å². The van der Waals surface area contributed by atoms with Crippen molar-refractivity contribution in [3.63, 3.8) is 0 Å². The number of ether oxygens (including phenoxy) is 1. The fourth-order valence-corrected chi connectivity index (χ4v) is 3.93. The van der Waals surface area contributed by atoms with Gasteiger partial charge in [-0.3, -0.25) is 4.79 Å². The number of hydrogen-bond donors (Lipinski definition) is 1. The fraction of sp³-hybridized carbons (Fsp3) is 0.148. The van der Waals surface area contributed by atoms with Crippen LogP contribution < -0.4 is 5.32 Å². The van der Waals surface area contributed by atoms with Crippen molar-refractivity contribution in [1.82, 2.24) is 4.98 Å². The number of aromatic nitrogens is 1. The summed E-state index contributed by atoms with van der Waals surface area (Å²) >= 11 is 3.44. The number of rotatable bonds is 5. The average Bonchev–Trinajstić information content (AvgIpc) is 2.80. The monoisotopic (exact) mass is 502 g/mol. The molecule has 0 bridgehead atoms. The van der Waals surface area contributed by atoms with Crippen molar-refractivity contribution in [3.8, 4) is 11.3 Å². The molecular formula is C27H23BrN2O3. The van der Waals surface area contributed by atoms with E-state index in [1.54, 1.807) is 6.07 Å². The van der Waals surface area contributed by atoms with Gasteiger partial charge in [0, 0.05) is 21.1 Å². The van der Waals surface area contributed by atoms with Crippen LogP contribution in [-0.4, -0.2) is 23.5 Å². The SMILES string of the molecule is Cc1ccc(-c2nc3ccccc3c(C(=O)OCC(=O)Nc3ccc(Br)c(C)c3)c2C)cc1. The van der Waals surface area contributed by atoms with Gasteiger partial charge in [-0.05, 0) is 56.2 Å². The van der Waals surface area contributed by atoms with Crippen LogP contribution in [0.3, 0.4) is 0 Å². The summed E-state index contributed by atoms with van der Waals surface area (Å²) in [7, 11) is 0. The first kappa shape index (κ1) is 22.7. The molecular weight excluding hydrogens is 480 g/mol. The first-order chi connectivity index (χ1) is 15.8. The van der Waals surface area contributed by atoms with E-state index < -0.39 is 11.9 Å². The summed E-state index contributed by atoms with van der Waals surface area (Å²) in [6, 6.07) is 20.9. The van der Waals surface area contributed by atoms with Gasteiger partial charge in [0.1, 0.15) is 0 Å². The number of para-hydroxylation sites is 1. The topological polar surface area (TPSA) is 68.3 Å². The number of amides is 1. The van der Waals surface area contributed by atoms with Crippen LogP contribution in [0.4, 0.5) is 5.69 Å². The van der Waals surface area contributed by atoms with Gasteiger partial charge >= 0.3 is 5.97 Å². The molecule has 0 radical (unpaired) electrons. The Kier molecular flexibility index (Phi) is 6.56. The highest BCUT2D eigenvalue weighted by atomic mass is 79.9. The molecule has 0 saturated carbocycles. The number of benzene rings is 3.